The van der Waals surface area contributed by atoms with Crippen molar-refractivity contribution < 1.29 is 33.5 Å². The first-order valence-electron chi connectivity index (χ1n) is 12.7. The first-order chi connectivity index (χ1) is 18.6. The van der Waals surface area contributed by atoms with Gasteiger partial charge in [-0.15, -0.1) is 11.8 Å². The molecular weight excluding hydrogens is 538 g/mol. The first kappa shape index (κ1) is 29.2. The number of nitro groups is 1. The molecule has 11 nitrogen and oxygen atoms in total. The molecule has 0 aliphatic carbocycles. The van der Waals surface area contributed by atoms with Gasteiger partial charge in [-0.25, -0.2) is 14.4 Å². The number of nitro benzene ring substituents is 1. The maximum atomic E-state index is 13.8. The van der Waals surface area contributed by atoms with Crippen LogP contribution in [0.15, 0.2) is 53.4 Å². The molecule has 0 unspecified atom stereocenters. The molecule has 0 bridgehead atoms. The number of hydrogen-bond acceptors (Lipinski definition) is 9. The van der Waals surface area contributed by atoms with Crippen molar-refractivity contribution in [1.82, 2.24) is 4.90 Å². The Morgan fingerprint density at radius 1 is 0.950 bits per heavy atom. The largest absolute Gasteiger partial charge is 0.467 e. The van der Waals surface area contributed by atoms with Crippen LogP contribution < -0.4 is 4.90 Å². The third-order valence-corrected chi connectivity index (χ3v) is 7.86. The van der Waals surface area contributed by atoms with E-state index < -0.39 is 51.2 Å². The quantitative estimate of drug-likeness (QED) is 0.192. The van der Waals surface area contributed by atoms with Crippen LogP contribution in [0.4, 0.5) is 21.0 Å². The summed E-state index contributed by atoms with van der Waals surface area (Å²) in [4.78, 5) is 54.8. The highest BCUT2D eigenvalue weighted by atomic mass is 32.2. The van der Waals surface area contributed by atoms with Gasteiger partial charge >= 0.3 is 18.2 Å². The van der Waals surface area contributed by atoms with Crippen LogP contribution in [-0.4, -0.2) is 58.5 Å². The number of anilines is 1. The molecule has 1 fully saturated rings. The number of nitrogens with zero attached hydrogens (tertiary/aromatic N) is 3. The number of benzene rings is 2. The van der Waals surface area contributed by atoms with Crippen LogP contribution in [0.1, 0.15) is 53.5 Å². The average Bonchev–Trinajstić information content (AvgIpc) is 3.31. The zero-order valence-corrected chi connectivity index (χ0v) is 24.3. The van der Waals surface area contributed by atoms with Crippen LogP contribution in [0.5, 0.6) is 0 Å². The summed E-state index contributed by atoms with van der Waals surface area (Å²) in [6.07, 6.45) is -2.45. The number of hydrogen-bond donors (Lipinski definition) is 0. The maximum absolute atomic E-state index is 13.8. The van der Waals surface area contributed by atoms with E-state index in [4.69, 9.17) is 14.2 Å². The third kappa shape index (κ3) is 5.45. The van der Waals surface area contributed by atoms with Crippen molar-refractivity contribution in [1.29, 1.82) is 0 Å². The van der Waals surface area contributed by atoms with Gasteiger partial charge < -0.3 is 14.2 Å². The van der Waals surface area contributed by atoms with Gasteiger partial charge in [-0.05, 0) is 65.3 Å². The van der Waals surface area contributed by atoms with Crippen LogP contribution >= 0.6 is 11.8 Å². The van der Waals surface area contributed by atoms with Crippen LogP contribution in [0.2, 0.25) is 0 Å². The average molecular weight is 572 g/mol. The van der Waals surface area contributed by atoms with E-state index in [0.29, 0.717) is 16.1 Å². The Kier molecular flexibility index (Phi) is 7.52. The maximum Gasteiger partial charge on any atom is 0.416 e. The molecule has 4 rings (SSSR count). The van der Waals surface area contributed by atoms with Gasteiger partial charge in [0.1, 0.15) is 23.4 Å². The fourth-order valence-corrected chi connectivity index (χ4v) is 6.56. The zero-order chi connectivity index (χ0) is 29.6. The number of non-ortho nitro benzene ring substituents is 1. The van der Waals surface area contributed by atoms with Crippen molar-refractivity contribution in [2.45, 2.75) is 81.0 Å². The molecule has 0 aromatic heterocycles. The summed E-state index contributed by atoms with van der Waals surface area (Å²) in [6, 6.07) is 12.1. The molecule has 40 heavy (non-hydrogen) atoms. The molecule has 2 aliphatic heterocycles. The Morgan fingerprint density at radius 2 is 1.52 bits per heavy atom. The van der Waals surface area contributed by atoms with Crippen LogP contribution in [0.3, 0.4) is 0 Å². The number of carbonyl (C=O) groups excluding carboxylic acids is 3. The number of para-hydroxylation sites is 1. The third-order valence-electron chi connectivity index (χ3n) is 6.39. The summed E-state index contributed by atoms with van der Waals surface area (Å²) in [6.45, 7) is 10.3. The van der Waals surface area contributed by atoms with Crippen LogP contribution in [-0.2, 0) is 23.8 Å². The molecule has 0 N–H and O–H groups in total. The number of esters is 1. The lowest BCUT2D eigenvalue weighted by atomic mass is 9.95. The molecule has 0 radical (unpaired) electrons. The highest BCUT2D eigenvalue weighted by Crippen LogP contribution is 2.62. The van der Waals surface area contributed by atoms with E-state index in [0.717, 1.165) is 0 Å². The molecule has 2 aromatic carbocycles. The molecule has 2 heterocycles. The van der Waals surface area contributed by atoms with Crippen molar-refractivity contribution in [3.05, 3.63) is 64.2 Å². The van der Waals surface area contributed by atoms with E-state index in [1.54, 1.807) is 65.8 Å². The standard InChI is InChI=1S/C28H33N3O8S/c1-26(2,3)38-24(33)29-20-11-9-8-10-19(20)28(40-18-14-12-17(13-15-18)31(35)36)16-21(22(32)37-7)30(23(28)29)25(34)39-27(4,5)6/h8-15,21,23H,16H2,1-7H3/t21-,23+,28-/m1/s1. The van der Waals surface area contributed by atoms with Gasteiger partial charge in [0.25, 0.3) is 5.69 Å². The topological polar surface area (TPSA) is 129 Å². The summed E-state index contributed by atoms with van der Waals surface area (Å²) >= 11 is 1.31. The number of amides is 2. The van der Waals surface area contributed by atoms with Crippen LogP contribution in [0, 0.1) is 10.1 Å². The highest BCUT2D eigenvalue weighted by molar-refractivity contribution is 8.00. The second-order valence-corrected chi connectivity index (χ2v) is 13.0. The monoisotopic (exact) mass is 571 g/mol. The molecule has 1 saturated heterocycles. The Bertz CT molecular complexity index is 1330. The van der Waals surface area contributed by atoms with E-state index in [1.165, 1.54) is 40.8 Å². The van der Waals surface area contributed by atoms with Gasteiger partial charge in [-0.2, -0.15) is 0 Å². The van der Waals surface area contributed by atoms with E-state index >= 15 is 0 Å². The predicted octanol–water partition coefficient (Wildman–Crippen LogP) is 5.85. The lowest BCUT2D eigenvalue weighted by Crippen LogP contribution is -2.57. The molecule has 0 spiro atoms. The van der Waals surface area contributed by atoms with Crippen molar-refractivity contribution in [2.24, 2.45) is 0 Å². The van der Waals surface area contributed by atoms with E-state index in [1.807, 2.05) is 12.1 Å². The van der Waals surface area contributed by atoms with Gasteiger partial charge in [-0.3, -0.25) is 19.9 Å². The number of fused-ring (bicyclic) bond motifs is 3. The van der Waals surface area contributed by atoms with E-state index in [2.05, 4.69) is 0 Å². The minimum absolute atomic E-state index is 0.0742. The fourth-order valence-electron chi connectivity index (χ4n) is 5.02. The SMILES string of the molecule is COC(=O)[C@H]1C[C@@]2(Sc3ccc([N+](=O)[O-])cc3)c3ccccc3N(C(=O)OC(C)(C)C)[C@H]2N1C(=O)OC(C)(C)C. The summed E-state index contributed by atoms with van der Waals surface area (Å²) in [5.41, 5.74) is -0.589. The van der Waals surface area contributed by atoms with Gasteiger partial charge in [-0.1, -0.05) is 18.2 Å². The van der Waals surface area contributed by atoms with Crippen molar-refractivity contribution >= 4 is 41.3 Å². The number of rotatable bonds is 4. The van der Waals surface area contributed by atoms with Crippen molar-refractivity contribution in [2.75, 3.05) is 12.0 Å². The van der Waals surface area contributed by atoms with E-state index in [9.17, 15) is 24.5 Å². The minimum atomic E-state index is -1.09. The molecule has 12 heteroatoms. The number of likely N-dealkylation sites (tertiary alicyclic amines) is 1. The second-order valence-electron chi connectivity index (χ2n) is 11.6. The highest BCUT2D eigenvalue weighted by Gasteiger charge is 2.66. The van der Waals surface area contributed by atoms with Crippen molar-refractivity contribution in [3.63, 3.8) is 0 Å². The van der Waals surface area contributed by atoms with Crippen molar-refractivity contribution in [3.8, 4) is 0 Å². The fraction of sp³-hybridized carbons (Fsp3) is 0.464. The summed E-state index contributed by atoms with van der Waals surface area (Å²) in [5, 5.41) is 11.2. The second kappa shape index (κ2) is 10.3. The molecule has 0 saturated carbocycles. The smallest absolute Gasteiger partial charge is 0.416 e. The Labute approximate surface area is 236 Å². The summed E-state index contributed by atoms with van der Waals surface area (Å²) < 4.78 is 15.6. The number of ether oxygens (including phenoxy) is 3. The number of thioether (sulfide) groups is 1. The minimum Gasteiger partial charge on any atom is -0.467 e. The molecule has 214 valence electrons. The van der Waals surface area contributed by atoms with Gasteiger partial charge in [0, 0.05) is 23.4 Å². The molecule has 2 amide bonds. The van der Waals surface area contributed by atoms with Gasteiger partial charge in [0.15, 0.2) is 0 Å². The van der Waals surface area contributed by atoms with Gasteiger partial charge in [0.2, 0.25) is 0 Å². The Balaban J connectivity index is 1.94. The van der Waals surface area contributed by atoms with Crippen LogP contribution in [0.25, 0.3) is 0 Å². The number of methoxy groups -OCH3 is 1. The normalized spacial score (nSPS) is 21.9. The molecule has 3 atom stereocenters. The van der Waals surface area contributed by atoms with Gasteiger partial charge in [0.05, 0.1) is 22.5 Å². The first-order valence-corrected chi connectivity index (χ1v) is 13.5. The lowest BCUT2D eigenvalue weighted by molar-refractivity contribution is -0.384. The zero-order valence-electron chi connectivity index (χ0n) is 23.5. The molecule has 2 aliphatic rings. The lowest BCUT2D eigenvalue weighted by Gasteiger charge is -2.38. The van der Waals surface area contributed by atoms with E-state index in [-0.39, 0.29) is 12.1 Å². The summed E-state index contributed by atoms with van der Waals surface area (Å²) in [5.74, 6) is -0.662. The predicted molar refractivity (Wildman–Crippen MR) is 148 cm³/mol. The molecular formula is C28H33N3O8S. The Hall–Kier alpha value is -3.80. The Morgan fingerprint density at radius 3 is 2.08 bits per heavy atom. The number of carbonyl (C=O) groups is 3. The summed E-state index contributed by atoms with van der Waals surface area (Å²) in [7, 11) is 1.24. The molecule has 2 aromatic rings.